The molecule has 1 N–H and O–H groups in total. The van der Waals surface area contributed by atoms with Crippen LogP contribution in [0.5, 0.6) is 0 Å². The molecular weight excluding hydrogens is 422 g/mol. The Kier molecular flexibility index (Phi) is 7.62. The molecule has 3 aliphatic rings. The fraction of sp³-hybridized carbons (Fsp3) is 0.625. The number of nitrogens with zero attached hydrogens (tertiary/aromatic N) is 4. The second-order valence-electron chi connectivity index (χ2n) is 9.09. The molecule has 0 saturated carbocycles. The van der Waals surface area contributed by atoms with E-state index < -0.39 is 0 Å². The minimum atomic E-state index is -0.337. The van der Waals surface area contributed by atoms with Crippen molar-refractivity contribution in [2.45, 2.75) is 25.8 Å². The van der Waals surface area contributed by atoms with E-state index in [1.165, 1.54) is 0 Å². The summed E-state index contributed by atoms with van der Waals surface area (Å²) in [4.78, 5) is 45.1. The number of likely N-dealkylation sites (tertiary alicyclic amines) is 1. The van der Waals surface area contributed by atoms with Crippen LogP contribution in [-0.2, 0) is 19.1 Å². The average molecular weight is 458 g/mol. The molecule has 3 heterocycles. The Hall–Kier alpha value is -2.49. The number of hydrazine groups is 1. The van der Waals surface area contributed by atoms with Crippen LogP contribution in [0.1, 0.15) is 19.8 Å². The number of hydrogen-bond acceptors (Lipinski definition) is 6. The average Bonchev–Trinajstić information content (AvgIpc) is 3.19. The highest BCUT2D eigenvalue weighted by molar-refractivity contribution is 5.98. The highest BCUT2D eigenvalue weighted by atomic mass is 16.5. The van der Waals surface area contributed by atoms with E-state index in [-0.39, 0.29) is 35.6 Å². The molecule has 1 aromatic carbocycles. The maximum atomic E-state index is 13.7. The van der Waals surface area contributed by atoms with E-state index in [0.29, 0.717) is 58.8 Å². The third kappa shape index (κ3) is 5.05. The molecule has 3 atom stereocenters. The Balaban J connectivity index is 1.49. The summed E-state index contributed by atoms with van der Waals surface area (Å²) in [5, 5.41) is 1.61. The van der Waals surface area contributed by atoms with Gasteiger partial charge in [-0.25, -0.2) is 10.4 Å². The zero-order chi connectivity index (χ0) is 23.4. The summed E-state index contributed by atoms with van der Waals surface area (Å²) < 4.78 is 5.25. The highest BCUT2D eigenvalue weighted by Crippen LogP contribution is 2.32. The first-order chi connectivity index (χ1) is 16.0. The molecule has 0 radical (unpaired) electrons. The molecule has 0 bridgehead atoms. The Bertz CT molecular complexity index is 843. The molecular formula is C24H35N5O4. The van der Waals surface area contributed by atoms with Gasteiger partial charge in [0.15, 0.2) is 0 Å². The van der Waals surface area contributed by atoms with Gasteiger partial charge in [-0.05, 0) is 18.6 Å². The lowest BCUT2D eigenvalue weighted by Crippen LogP contribution is -2.60. The lowest BCUT2D eigenvalue weighted by Gasteiger charge is -2.42. The molecule has 3 saturated heterocycles. The van der Waals surface area contributed by atoms with Gasteiger partial charge >= 0.3 is 0 Å². The van der Waals surface area contributed by atoms with Gasteiger partial charge in [0.1, 0.15) is 0 Å². The van der Waals surface area contributed by atoms with Crippen LogP contribution in [-0.4, -0.2) is 98.0 Å². The number of piperidine rings is 1. The van der Waals surface area contributed by atoms with Crippen LogP contribution < -0.4 is 10.4 Å². The number of benzene rings is 1. The number of fused-ring (bicyclic) bond motifs is 1. The second kappa shape index (κ2) is 10.6. The summed E-state index contributed by atoms with van der Waals surface area (Å²) in [6.07, 6.45) is 1.38. The predicted molar refractivity (Wildman–Crippen MR) is 124 cm³/mol. The number of carbonyl (C=O) groups excluding carboxylic acids is 3. The van der Waals surface area contributed by atoms with Gasteiger partial charge in [-0.3, -0.25) is 19.3 Å². The predicted octanol–water partition coefficient (Wildman–Crippen LogP) is 0.572. The lowest BCUT2D eigenvalue weighted by molar-refractivity contribution is -0.145. The smallest absolute Gasteiger partial charge is 0.247 e. The summed E-state index contributed by atoms with van der Waals surface area (Å²) in [7, 11) is 1.66. The van der Waals surface area contributed by atoms with Gasteiger partial charge in [0.2, 0.25) is 17.7 Å². The molecule has 9 nitrogen and oxygen atoms in total. The summed E-state index contributed by atoms with van der Waals surface area (Å²) in [5.74, 6) is -0.408. The van der Waals surface area contributed by atoms with Gasteiger partial charge in [0.05, 0.1) is 30.2 Å². The minimum Gasteiger partial charge on any atom is -0.383 e. The first-order valence-corrected chi connectivity index (χ1v) is 12.0. The van der Waals surface area contributed by atoms with Crippen LogP contribution >= 0.6 is 0 Å². The van der Waals surface area contributed by atoms with Crippen molar-refractivity contribution in [3.63, 3.8) is 0 Å². The molecule has 4 rings (SSSR count). The Morgan fingerprint density at radius 2 is 1.76 bits per heavy atom. The molecule has 0 aromatic heterocycles. The molecule has 1 aromatic rings. The van der Waals surface area contributed by atoms with Gasteiger partial charge in [-0.2, -0.15) is 0 Å². The molecule has 3 fully saturated rings. The number of methoxy groups -OCH3 is 1. The molecule has 3 unspecified atom stereocenters. The molecule has 3 aliphatic heterocycles. The van der Waals surface area contributed by atoms with E-state index in [2.05, 4.69) is 10.3 Å². The van der Waals surface area contributed by atoms with Crippen LogP contribution in [0.4, 0.5) is 5.69 Å². The van der Waals surface area contributed by atoms with Crippen LogP contribution in [0.15, 0.2) is 30.3 Å². The monoisotopic (exact) mass is 457 g/mol. The topological polar surface area (TPSA) is 85.4 Å². The first-order valence-electron chi connectivity index (χ1n) is 12.0. The van der Waals surface area contributed by atoms with E-state index in [9.17, 15) is 14.4 Å². The molecule has 3 amide bonds. The zero-order valence-corrected chi connectivity index (χ0v) is 19.6. The maximum Gasteiger partial charge on any atom is 0.247 e. The minimum absolute atomic E-state index is 0.00102. The van der Waals surface area contributed by atoms with E-state index in [4.69, 9.17) is 4.74 Å². The number of amides is 3. The molecule has 0 spiro atoms. The zero-order valence-electron chi connectivity index (χ0n) is 19.6. The van der Waals surface area contributed by atoms with Crippen LogP contribution in [0, 0.1) is 11.8 Å². The van der Waals surface area contributed by atoms with Gasteiger partial charge in [0.25, 0.3) is 0 Å². The summed E-state index contributed by atoms with van der Waals surface area (Å²) in [5.41, 5.74) is 4.15. The van der Waals surface area contributed by atoms with E-state index >= 15 is 0 Å². The van der Waals surface area contributed by atoms with Crippen molar-refractivity contribution in [2.24, 2.45) is 11.8 Å². The van der Waals surface area contributed by atoms with Crippen molar-refractivity contribution >= 4 is 23.4 Å². The Labute approximate surface area is 195 Å². The molecule has 180 valence electrons. The largest absolute Gasteiger partial charge is 0.383 e. The summed E-state index contributed by atoms with van der Waals surface area (Å²) in [6.45, 7) is 6.65. The lowest BCUT2D eigenvalue weighted by atomic mass is 9.83. The number of nitrogens with one attached hydrogen (secondary N) is 1. The van der Waals surface area contributed by atoms with Crippen molar-refractivity contribution in [1.29, 1.82) is 0 Å². The third-order valence-electron chi connectivity index (χ3n) is 6.94. The van der Waals surface area contributed by atoms with Gasteiger partial charge < -0.3 is 14.5 Å². The maximum absolute atomic E-state index is 13.7. The van der Waals surface area contributed by atoms with Crippen molar-refractivity contribution in [3.8, 4) is 0 Å². The van der Waals surface area contributed by atoms with Crippen molar-refractivity contribution in [2.75, 3.05) is 64.5 Å². The summed E-state index contributed by atoms with van der Waals surface area (Å²) >= 11 is 0. The highest BCUT2D eigenvalue weighted by Gasteiger charge is 2.51. The molecule has 33 heavy (non-hydrogen) atoms. The standard InChI is InChI=1S/C24H35N5O4/c1-3-7-21(30)27-10-12-28(13-11-27)23(31)19-16-26(14-15-33-2)17-20-22(19)25-29(24(20)32)18-8-5-4-6-9-18/h4-6,8-9,19-20,22,25H,3,7,10-17H2,1-2H3. The molecule has 0 aliphatic carbocycles. The normalized spacial score (nSPS) is 25.9. The third-order valence-corrected chi connectivity index (χ3v) is 6.94. The Morgan fingerprint density at radius 1 is 1.06 bits per heavy atom. The number of ether oxygens (including phenoxy) is 1. The van der Waals surface area contributed by atoms with Crippen molar-refractivity contribution < 1.29 is 19.1 Å². The quantitative estimate of drug-likeness (QED) is 0.645. The van der Waals surface area contributed by atoms with Gasteiger partial charge in [0, 0.05) is 59.3 Å². The fourth-order valence-corrected chi connectivity index (χ4v) is 5.12. The van der Waals surface area contributed by atoms with E-state index in [1.807, 2.05) is 47.1 Å². The fourth-order valence-electron chi connectivity index (χ4n) is 5.12. The van der Waals surface area contributed by atoms with Crippen LogP contribution in [0.25, 0.3) is 0 Å². The van der Waals surface area contributed by atoms with Gasteiger partial charge in [-0.1, -0.05) is 25.1 Å². The first kappa shape index (κ1) is 23.7. The number of rotatable bonds is 7. The number of para-hydroxylation sites is 1. The number of carbonyl (C=O) groups is 3. The van der Waals surface area contributed by atoms with Crippen LogP contribution in [0.3, 0.4) is 0 Å². The van der Waals surface area contributed by atoms with E-state index in [1.54, 1.807) is 12.1 Å². The number of anilines is 1. The van der Waals surface area contributed by atoms with Crippen molar-refractivity contribution in [3.05, 3.63) is 30.3 Å². The molecule has 9 heteroatoms. The van der Waals surface area contributed by atoms with Gasteiger partial charge in [-0.15, -0.1) is 0 Å². The summed E-state index contributed by atoms with van der Waals surface area (Å²) in [6, 6.07) is 9.27. The number of piperazine rings is 1. The van der Waals surface area contributed by atoms with Crippen molar-refractivity contribution in [1.82, 2.24) is 20.1 Å². The second-order valence-corrected chi connectivity index (χ2v) is 9.09. The Morgan fingerprint density at radius 3 is 2.42 bits per heavy atom. The number of hydrogen-bond donors (Lipinski definition) is 1. The van der Waals surface area contributed by atoms with Crippen LogP contribution in [0.2, 0.25) is 0 Å². The SMILES string of the molecule is CCCC(=O)N1CCN(C(=O)C2CN(CCOC)CC3C(=O)N(c4ccccc4)NC23)CC1. The van der Waals surface area contributed by atoms with E-state index in [0.717, 1.165) is 12.1 Å².